The van der Waals surface area contributed by atoms with Crippen LogP contribution < -0.4 is 15.1 Å². The molecule has 2 aromatic heterocycles. The molecule has 2 aromatic carbocycles. The zero-order chi connectivity index (χ0) is 21.0. The number of carbonyl (C=O) groups is 1. The van der Waals surface area contributed by atoms with E-state index >= 15 is 0 Å². The van der Waals surface area contributed by atoms with E-state index in [0.717, 1.165) is 16.8 Å². The smallest absolute Gasteiger partial charge is 0.297 e. The molecular formula is C23H18N2O4S. The maximum Gasteiger partial charge on any atom is 0.297 e. The van der Waals surface area contributed by atoms with E-state index in [1.54, 1.807) is 24.1 Å². The Kier molecular flexibility index (Phi) is 4.22. The first-order chi connectivity index (χ1) is 14.5. The summed E-state index contributed by atoms with van der Waals surface area (Å²) in [7, 11) is 1.59. The quantitative estimate of drug-likeness (QED) is 0.485. The Morgan fingerprint density at radius 1 is 1.10 bits per heavy atom. The van der Waals surface area contributed by atoms with E-state index in [0.29, 0.717) is 27.4 Å². The molecule has 0 aliphatic carbocycles. The summed E-state index contributed by atoms with van der Waals surface area (Å²) in [4.78, 5) is 33.0. The number of hydrogen-bond donors (Lipinski definition) is 0. The minimum absolute atomic E-state index is 0.0741. The number of amides is 1. The van der Waals surface area contributed by atoms with E-state index in [1.807, 2.05) is 49.6 Å². The number of aryl methyl sites for hydroxylation is 2. The minimum Gasteiger partial charge on any atom is -0.497 e. The molecule has 0 bridgehead atoms. The largest absolute Gasteiger partial charge is 0.497 e. The van der Waals surface area contributed by atoms with Crippen molar-refractivity contribution in [2.75, 3.05) is 12.0 Å². The van der Waals surface area contributed by atoms with E-state index in [2.05, 4.69) is 4.98 Å². The first kappa shape index (κ1) is 18.6. The van der Waals surface area contributed by atoms with Gasteiger partial charge < -0.3 is 9.15 Å². The number of rotatable bonds is 3. The second-order valence-corrected chi connectivity index (χ2v) is 8.13. The van der Waals surface area contributed by atoms with Crippen LogP contribution in [0.15, 0.2) is 57.1 Å². The van der Waals surface area contributed by atoms with Gasteiger partial charge in [0.2, 0.25) is 5.76 Å². The van der Waals surface area contributed by atoms with E-state index in [-0.39, 0.29) is 17.1 Å². The predicted octanol–water partition coefficient (Wildman–Crippen LogP) is 4.62. The zero-order valence-corrected chi connectivity index (χ0v) is 17.4. The van der Waals surface area contributed by atoms with Crippen LogP contribution in [0.4, 0.5) is 5.13 Å². The highest BCUT2D eigenvalue weighted by atomic mass is 32.1. The third kappa shape index (κ3) is 2.74. The van der Waals surface area contributed by atoms with Gasteiger partial charge in [0.25, 0.3) is 5.91 Å². The molecule has 5 rings (SSSR count). The number of fused-ring (bicyclic) bond motifs is 2. The van der Waals surface area contributed by atoms with Crippen molar-refractivity contribution in [3.8, 4) is 5.75 Å². The lowest BCUT2D eigenvalue weighted by molar-refractivity contribution is 0.0971. The van der Waals surface area contributed by atoms with Crippen LogP contribution in [-0.4, -0.2) is 18.0 Å². The van der Waals surface area contributed by atoms with Crippen LogP contribution in [-0.2, 0) is 0 Å². The summed E-state index contributed by atoms with van der Waals surface area (Å²) in [6.07, 6.45) is 0. The van der Waals surface area contributed by atoms with Crippen molar-refractivity contribution in [3.05, 3.63) is 86.2 Å². The van der Waals surface area contributed by atoms with Crippen LogP contribution in [0.5, 0.6) is 5.75 Å². The maximum absolute atomic E-state index is 13.5. The van der Waals surface area contributed by atoms with Crippen molar-refractivity contribution in [1.82, 2.24) is 4.98 Å². The number of anilines is 1. The lowest BCUT2D eigenvalue weighted by Crippen LogP contribution is -2.29. The second kappa shape index (κ2) is 6.81. The normalized spacial score (nSPS) is 15.6. The summed E-state index contributed by atoms with van der Waals surface area (Å²) < 4.78 is 11.2. The molecule has 6 nitrogen and oxygen atoms in total. The topological polar surface area (TPSA) is 72.6 Å². The van der Waals surface area contributed by atoms with Gasteiger partial charge in [-0.3, -0.25) is 14.5 Å². The molecule has 1 aliphatic rings. The molecule has 0 N–H and O–H groups in total. The third-order valence-electron chi connectivity index (χ3n) is 5.27. The van der Waals surface area contributed by atoms with E-state index in [4.69, 9.17) is 9.15 Å². The van der Waals surface area contributed by atoms with E-state index in [9.17, 15) is 9.59 Å². The van der Waals surface area contributed by atoms with Gasteiger partial charge in [0, 0.05) is 5.38 Å². The SMILES string of the molecule is COc1ccc([C@@H]2c3c(oc4ccc(C)cc4c3=O)C(=O)N2c2nc(C)cs2)cc1. The number of nitrogens with zero attached hydrogens (tertiary/aromatic N) is 2. The van der Waals surface area contributed by atoms with Gasteiger partial charge in [-0.2, -0.15) is 0 Å². The maximum atomic E-state index is 13.5. The van der Waals surface area contributed by atoms with Gasteiger partial charge in [0.1, 0.15) is 11.3 Å². The first-order valence-corrected chi connectivity index (χ1v) is 10.3. The fourth-order valence-electron chi connectivity index (χ4n) is 3.84. The Bertz CT molecular complexity index is 1350. The summed E-state index contributed by atoms with van der Waals surface area (Å²) in [6.45, 7) is 3.79. The molecule has 0 fully saturated rings. The predicted molar refractivity (Wildman–Crippen MR) is 116 cm³/mol. The average molecular weight is 418 g/mol. The Morgan fingerprint density at radius 3 is 2.53 bits per heavy atom. The van der Waals surface area contributed by atoms with Crippen LogP contribution in [0.25, 0.3) is 11.0 Å². The molecule has 0 saturated heterocycles. The summed E-state index contributed by atoms with van der Waals surface area (Å²) in [5.74, 6) is 0.408. The average Bonchev–Trinajstić information content (AvgIpc) is 3.30. The Hall–Kier alpha value is -3.45. The van der Waals surface area contributed by atoms with Gasteiger partial charge in [0.15, 0.2) is 10.6 Å². The molecule has 0 radical (unpaired) electrons. The van der Waals surface area contributed by atoms with Crippen LogP contribution >= 0.6 is 11.3 Å². The Balaban J connectivity index is 1.80. The monoisotopic (exact) mass is 418 g/mol. The molecule has 4 aromatic rings. The van der Waals surface area contributed by atoms with Crippen molar-refractivity contribution >= 4 is 33.3 Å². The number of hydrogen-bond acceptors (Lipinski definition) is 6. The van der Waals surface area contributed by atoms with E-state index < -0.39 is 6.04 Å². The standard InChI is InChI=1S/C23H18N2O4S/c1-12-4-9-17-16(10-12)20(26)18-19(14-5-7-15(28-3)8-6-14)25(22(27)21(18)29-17)23-24-13(2)11-30-23/h4-11,19H,1-3H3/t19-/m1/s1. The minimum atomic E-state index is -0.620. The van der Waals surface area contributed by atoms with Gasteiger partial charge in [-0.25, -0.2) is 4.98 Å². The van der Waals surface area contributed by atoms with Gasteiger partial charge >= 0.3 is 0 Å². The van der Waals surface area contributed by atoms with E-state index in [1.165, 1.54) is 11.3 Å². The molecule has 0 unspecified atom stereocenters. The van der Waals surface area contributed by atoms with Crippen molar-refractivity contribution < 1.29 is 13.9 Å². The summed E-state index contributed by atoms with van der Waals surface area (Å²) in [6, 6.07) is 12.1. The zero-order valence-electron chi connectivity index (χ0n) is 16.6. The lowest BCUT2D eigenvalue weighted by atomic mass is 9.98. The fraction of sp³-hybridized carbons (Fsp3) is 0.174. The van der Waals surface area contributed by atoms with Crippen LogP contribution in [0.2, 0.25) is 0 Å². The molecule has 0 spiro atoms. The second-order valence-electron chi connectivity index (χ2n) is 7.30. The number of methoxy groups -OCH3 is 1. The number of benzene rings is 2. The molecule has 150 valence electrons. The summed E-state index contributed by atoms with van der Waals surface area (Å²) in [5.41, 5.74) is 3.11. The summed E-state index contributed by atoms with van der Waals surface area (Å²) in [5, 5.41) is 2.88. The highest BCUT2D eigenvalue weighted by Gasteiger charge is 2.44. The van der Waals surface area contributed by atoms with Gasteiger partial charge in [-0.05, 0) is 43.7 Å². The molecule has 1 aliphatic heterocycles. The van der Waals surface area contributed by atoms with Crippen molar-refractivity contribution in [3.63, 3.8) is 0 Å². The van der Waals surface area contributed by atoms with Gasteiger partial charge in [0.05, 0.1) is 29.8 Å². The highest BCUT2D eigenvalue weighted by Crippen LogP contribution is 2.42. The number of thiazole rings is 1. The Morgan fingerprint density at radius 2 is 1.87 bits per heavy atom. The van der Waals surface area contributed by atoms with Crippen LogP contribution in [0.1, 0.15) is 39.0 Å². The number of aromatic nitrogens is 1. The number of carbonyl (C=O) groups excluding carboxylic acids is 1. The first-order valence-electron chi connectivity index (χ1n) is 9.45. The lowest BCUT2D eigenvalue weighted by Gasteiger charge is -2.22. The molecular weight excluding hydrogens is 400 g/mol. The van der Waals surface area contributed by atoms with Crippen LogP contribution in [0.3, 0.4) is 0 Å². The molecule has 1 atom stereocenters. The molecule has 1 amide bonds. The van der Waals surface area contributed by atoms with Crippen molar-refractivity contribution in [2.45, 2.75) is 19.9 Å². The van der Waals surface area contributed by atoms with Crippen molar-refractivity contribution in [2.24, 2.45) is 0 Å². The molecule has 30 heavy (non-hydrogen) atoms. The molecule has 0 saturated carbocycles. The Labute approximate surface area is 176 Å². The van der Waals surface area contributed by atoms with Gasteiger partial charge in [-0.15, -0.1) is 11.3 Å². The van der Waals surface area contributed by atoms with Crippen LogP contribution in [0, 0.1) is 13.8 Å². The molecule has 7 heteroatoms. The third-order valence-corrected chi connectivity index (χ3v) is 6.23. The van der Waals surface area contributed by atoms with Gasteiger partial charge in [-0.1, -0.05) is 23.8 Å². The molecule has 3 heterocycles. The summed E-state index contributed by atoms with van der Waals surface area (Å²) >= 11 is 1.37. The highest BCUT2D eigenvalue weighted by molar-refractivity contribution is 7.14. The van der Waals surface area contributed by atoms with Crippen molar-refractivity contribution in [1.29, 1.82) is 0 Å². The number of ether oxygens (including phenoxy) is 1. The fourth-order valence-corrected chi connectivity index (χ4v) is 4.67.